The zero-order valence-corrected chi connectivity index (χ0v) is 13.1. The number of aliphatic carboxylic acids is 1. The number of fused-ring (bicyclic) bond motifs is 1. The van der Waals surface area contributed by atoms with Gasteiger partial charge in [0.05, 0.1) is 10.9 Å². The molecule has 1 aromatic rings. The maximum atomic E-state index is 12.7. The molecule has 122 valence electrons. The van der Waals surface area contributed by atoms with Crippen LogP contribution in [0.1, 0.15) is 29.6 Å². The number of ether oxygens (including phenoxy) is 2. The van der Waals surface area contributed by atoms with E-state index in [1.165, 1.54) is 0 Å². The molecule has 1 saturated carbocycles. The molecule has 1 atom stereocenters. The summed E-state index contributed by atoms with van der Waals surface area (Å²) in [6, 6.07) is 3.25. The first-order valence-electron chi connectivity index (χ1n) is 7.61. The lowest BCUT2D eigenvalue weighted by Crippen LogP contribution is -2.40. The lowest BCUT2D eigenvalue weighted by atomic mass is 9.90. The highest BCUT2D eigenvalue weighted by atomic mass is 35.5. The number of nitrogens with zero attached hydrogens (tertiary/aromatic N) is 1. The van der Waals surface area contributed by atoms with Crippen LogP contribution in [0.3, 0.4) is 0 Å². The third kappa shape index (κ3) is 2.32. The van der Waals surface area contributed by atoms with E-state index < -0.39 is 5.97 Å². The Morgan fingerprint density at radius 1 is 1.26 bits per heavy atom. The van der Waals surface area contributed by atoms with Gasteiger partial charge in [-0.05, 0) is 36.8 Å². The van der Waals surface area contributed by atoms with Crippen molar-refractivity contribution in [3.8, 4) is 11.5 Å². The fraction of sp³-hybridized carbons (Fsp3) is 0.500. The maximum Gasteiger partial charge on any atom is 0.307 e. The van der Waals surface area contributed by atoms with Crippen LogP contribution in [0.2, 0.25) is 5.02 Å². The minimum atomic E-state index is -0.715. The number of amides is 1. The van der Waals surface area contributed by atoms with Gasteiger partial charge in [0, 0.05) is 18.7 Å². The molecule has 2 heterocycles. The van der Waals surface area contributed by atoms with E-state index in [-0.39, 0.29) is 24.0 Å². The molecule has 6 nitrogen and oxygen atoms in total. The molecule has 4 rings (SSSR count). The summed E-state index contributed by atoms with van der Waals surface area (Å²) in [6.45, 7) is 1.26. The molecule has 1 aromatic carbocycles. The fourth-order valence-electron chi connectivity index (χ4n) is 3.68. The van der Waals surface area contributed by atoms with Crippen LogP contribution in [0.4, 0.5) is 0 Å². The summed E-state index contributed by atoms with van der Waals surface area (Å²) in [4.78, 5) is 25.5. The molecular formula is C16H16ClNO5. The largest absolute Gasteiger partial charge is 0.481 e. The van der Waals surface area contributed by atoms with Crippen LogP contribution in [-0.2, 0) is 4.79 Å². The first kappa shape index (κ1) is 14.6. The van der Waals surface area contributed by atoms with Crippen molar-refractivity contribution >= 4 is 23.5 Å². The highest BCUT2D eigenvalue weighted by Crippen LogP contribution is 2.59. The number of hydrogen-bond donors (Lipinski definition) is 1. The molecule has 1 unspecified atom stereocenters. The maximum absolute atomic E-state index is 12.7. The molecule has 1 spiro atoms. The second-order valence-electron chi connectivity index (χ2n) is 6.44. The predicted octanol–water partition coefficient (Wildman–Crippen LogP) is 2.40. The number of carbonyl (C=O) groups excluding carboxylic acids is 1. The Hall–Kier alpha value is -1.95. The van der Waals surface area contributed by atoms with Crippen molar-refractivity contribution < 1.29 is 24.2 Å². The second kappa shape index (κ2) is 5.03. The summed E-state index contributed by atoms with van der Waals surface area (Å²) in [7, 11) is 0. The van der Waals surface area contributed by atoms with Crippen molar-refractivity contribution in [2.75, 3.05) is 19.9 Å². The van der Waals surface area contributed by atoms with E-state index in [2.05, 4.69) is 0 Å². The van der Waals surface area contributed by atoms with E-state index in [9.17, 15) is 9.59 Å². The van der Waals surface area contributed by atoms with Crippen LogP contribution >= 0.6 is 11.6 Å². The lowest BCUT2D eigenvalue weighted by Gasteiger charge is -2.32. The molecule has 0 radical (unpaired) electrons. The second-order valence-corrected chi connectivity index (χ2v) is 6.85. The number of piperidine rings is 1. The van der Waals surface area contributed by atoms with E-state index in [4.69, 9.17) is 26.2 Å². The van der Waals surface area contributed by atoms with E-state index in [0.29, 0.717) is 35.2 Å². The third-order valence-electron chi connectivity index (χ3n) is 5.21. The molecule has 1 aliphatic carbocycles. The number of likely N-dealkylation sites (tertiary alicyclic amines) is 1. The first-order valence-corrected chi connectivity index (χ1v) is 7.99. The highest BCUT2D eigenvalue weighted by molar-refractivity contribution is 6.32. The van der Waals surface area contributed by atoms with Crippen LogP contribution in [-0.4, -0.2) is 41.8 Å². The third-order valence-corrected chi connectivity index (χ3v) is 5.49. The van der Waals surface area contributed by atoms with Crippen molar-refractivity contribution in [3.63, 3.8) is 0 Å². The fourth-order valence-corrected chi connectivity index (χ4v) is 3.94. The summed E-state index contributed by atoms with van der Waals surface area (Å²) < 4.78 is 10.5. The van der Waals surface area contributed by atoms with Gasteiger partial charge in [-0.3, -0.25) is 9.59 Å². The Bertz CT molecular complexity index is 696. The molecule has 3 aliphatic rings. The Kier molecular flexibility index (Phi) is 3.20. The van der Waals surface area contributed by atoms with Gasteiger partial charge in [-0.15, -0.1) is 0 Å². The molecule has 0 aromatic heterocycles. The number of carboxylic acid groups (broad SMARTS) is 1. The summed E-state index contributed by atoms with van der Waals surface area (Å²) >= 11 is 6.13. The number of halogens is 1. The Morgan fingerprint density at radius 3 is 2.65 bits per heavy atom. The molecule has 23 heavy (non-hydrogen) atoms. The first-order chi connectivity index (χ1) is 11.0. The van der Waals surface area contributed by atoms with Gasteiger partial charge in [0.2, 0.25) is 6.79 Å². The van der Waals surface area contributed by atoms with Crippen molar-refractivity contribution in [3.05, 3.63) is 22.7 Å². The summed E-state index contributed by atoms with van der Waals surface area (Å²) in [5, 5.41) is 9.49. The van der Waals surface area contributed by atoms with E-state index >= 15 is 0 Å². The number of carbonyl (C=O) groups is 2. The molecule has 7 heteroatoms. The normalized spacial score (nSPS) is 23.9. The van der Waals surface area contributed by atoms with Gasteiger partial charge in [-0.2, -0.15) is 0 Å². The van der Waals surface area contributed by atoms with Crippen LogP contribution in [0, 0.1) is 11.3 Å². The zero-order valence-electron chi connectivity index (χ0n) is 12.4. The molecule has 0 bridgehead atoms. The minimum absolute atomic E-state index is 0.0882. The topological polar surface area (TPSA) is 76.1 Å². The quantitative estimate of drug-likeness (QED) is 0.896. The van der Waals surface area contributed by atoms with Gasteiger partial charge in [0.25, 0.3) is 5.91 Å². The molecule has 2 fully saturated rings. The predicted molar refractivity (Wildman–Crippen MR) is 80.9 cm³/mol. The average Bonchev–Trinajstić information content (AvgIpc) is 3.02. The molecule has 1 saturated heterocycles. The smallest absolute Gasteiger partial charge is 0.307 e. The van der Waals surface area contributed by atoms with Crippen molar-refractivity contribution in [1.82, 2.24) is 4.90 Å². The van der Waals surface area contributed by atoms with E-state index in [1.807, 2.05) is 0 Å². The van der Waals surface area contributed by atoms with Gasteiger partial charge in [0.1, 0.15) is 0 Å². The van der Waals surface area contributed by atoms with Crippen molar-refractivity contribution in [2.45, 2.75) is 19.3 Å². The highest BCUT2D eigenvalue weighted by Gasteiger charge is 2.59. The van der Waals surface area contributed by atoms with Crippen LogP contribution in [0.5, 0.6) is 11.5 Å². The monoisotopic (exact) mass is 337 g/mol. The summed E-state index contributed by atoms with van der Waals surface area (Å²) in [6.07, 6.45) is 2.22. The molecule has 1 amide bonds. The van der Waals surface area contributed by atoms with Gasteiger partial charge >= 0.3 is 5.97 Å². The SMILES string of the molecule is O=C(O)C1CC12CCN(C(=O)c1cc(Cl)c3c(c1)OCO3)CC2. The van der Waals surface area contributed by atoms with Crippen LogP contribution < -0.4 is 9.47 Å². The lowest BCUT2D eigenvalue weighted by molar-refractivity contribution is -0.139. The van der Waals surface area contributed by atoms with E-state index in [0.717, 1.165) is 19.3 Å². The van der Waals surface area contributed by atoms with Gasteiger partial charge in [-0.25, -0.2) is 0 Å². The summed E-state index contributed by atoms with van der Waals surface area (Å²) in [5.41, 5.74) is 0.385. The Morgan fingerprint density at radius 2 is 2.00 bits per heavy atom. The number of hydrogen-bond acceptors (Lipinski definition) is 4. The Balaban J connectivity index is 1.47. The number of benzene rings is 1. The zero-order chi connectivity index (χ0) is 16.2. The standard InChI is InChI=1S/C16H16ClNO5/c17-11-5-9(6-12-13(11)23-8-22-12)14(19)18-3-1-16(2-4-18)7-10(16)15(20)21/h5-6,10H,1-4,7-8H2,(H,20,21). The number of carboxylic acids is 1. The van der Waals surface area contributed by atoms with Crippen molar-refractivity contribution in [2.24, 2.45) is 11.3 Å². The van der Waals surface area contributed by atoms with Gasteiger partial charge < -0.3 is 19.5 Å². The van der Waals surface area contributed by atoms with E-state index in [1.54, 1.807) is 17.0 Å². The molecular weight excluding hydrogens is 322 g/mol. The number of rotatable bonds is 2. The Labute approximate surface area is 137 Å². The van der Waals surface area contributed by atoms with Gasteiger partial charge in [-0.1, -0.05) is 11.6 Å². The summed E-state index contributed by atoms with van der Waals surface area (Å²) in [5.74, 6) is -0.0924. The molecule has 1 N–H and O–H groups in total. The van der Waals surface area contributed by atoms with Crippen molar-refractivity contribution in [1.29, 1.82) is 0 Å². The average molecular weight is 338 g/mol. The van der Waals surface area contributed by atoms with Crippen LogP contribution in [0.15, 0.2) is 12.1 Å². The minimum Gasteiger partial charge on any atom is -0.481 e. The van der Waals surface area contributed by atoms with Crippen LogP contribution in [0.25, 0.3) is 0 Å². The van der Waals surface area contributed by atoms with Gasteiger partial charge in [0.15, 0.2) is 11.5 Å². The molecule has 2 aliphatic heterocycles.